The predicted molar refractivity (Wildman–Crippen MR) is 151 cm³/mol. The van der Waals surface area contributed by atoms with E-state index in [0.29, 0.717) is 0 Å². The maximum absolute atomic E-state index is 2.37. The molecule has 0 saturated carbocycles. The van der Waals surface area contributed by atoms with Crippen LogP contribution in [-0.4, -0.2) is 13.4 Å². The van der Waals surface area contributed by atoms with Gasteiger partial charge in [0.2, 0.25) is 6.71 Å². The van der Waals surface area contributed by atoms with Crippen molar-refractivity contribution in [3.63, 3.8) is 0 Å². The Balaban J connectivity index is 1.86. The third-order valence-corrected chi connectivity index (χ3v) is 8.96. The molecule has 0 N–H and O–H groups in total. The van der Waals surface area contributed by atoms with Gasteiger partial charge in [-0.2, -0.15) is 0 Å². The normalized spacial score (nSPS) is 12.0. The van der Waals surface area contributed by atoms with Gasteiger partial charge in [0.05, 0.1) is 0 Å². The second-order valence-electron chi connectivity index (χ2n) is 9.54. The van der Waals surface area contributed by atoms with Crippen molar-refractivity contribution in [2.75, 3.05) is 6.66 Å². The number of hydrogen-bond acceptors (Lipinski definition) is 0. The molecule has 0 spiro atoms. The lowest BCUT2D eigenvalue weighted by Gasteiger charge is -2.25. The van der Waals surface area contributed by atoms with Crippen molar-refractivity contribution in [2.24, 2.45) is 0 Å². The second kappa shape index (κ2) is 9.70. The molecular weight excluding hydrogens is 414 g/mol. The monoisotopic (exact) mass is 448 g/mol. The van der Waals surface area contributed by atoms with Gasteiger partial charge in [0.15, 0.2) is 0 Å². The molecule has 0 amide bonds. The fourth-order valence-electron chi connectivity index (χ4n) is 5.46. The molecule has 0 nitrogen and oxygen atoms in total. The van der Waals surface area contributed by atoms with E-state index in [0.717, 1.165) is 0 Å². The number of benzene rings is 4. The summed E-state index contributed by atoms with van der Waals surface area (Å²) in [6.45, 7) is 16.1. The summed E-state index contributed by atoms with van der Waals surface area (Å²) in [4.78, 5) is 0. The van der Waals surface area contributed by atoms with Gasteiger partial charge in [-0.15, -0.1) is 0 Å². The van der Waals surface area contributed by atoms with E-state index >= 15 is 0 Å². The Hall–Kier alpha value is -2.63. The molecule has 4 aromatic rings. The molecule has 0 radical (unpaired) electrons. The average molecular weight is 448 g/mol. The largest absolute Gasteiger partial charge is 0.242 e. The van der Waals surface area contributed by atoms with Crippen LogP contribution in [0.25, 0.3) is 0 Å². The second-order valence-corrected chi connectivity index (χ2v) is 11.7. The molecule has 1 atom stereocenters. The first kappa shape index (κ1) is 23.5. The summed E-state index contributed by atoms with van der Waals surface area (Å²) in [6, 6.07) is 29.7. The molecule has 2 heteroatoms. The maximum Gasteiger partial charge on any atom is 0.242 e. The molecular formula is C31H34BP. The number of aryl methyl sites for hydroxylation is 6. The van der Waals surface area contributed by atoms with Crippen LogP contribution < -0.4 is 27.0 Å². The van der Waals surface area contributed by atoms with Crippen LogP contribution in [0.5, 0.6) is 0 Å². The van der Waals surface area contributed by atoms with Crippen LogP contribution in [0.2, 0.25) is 0 Å². The minimum atomic E-state index is -0.344. The fourth-order valence-corrected chi connectivity index (χ4v) is 6.98. The molecule has 0 aromatic heterocycles. The van der Waals surface area contributed by atoms with Crippen LogP contribution >= 0.6 is 7.92 Å². The molecule has 4 rings (SSSR count). The van der Waals surface area contributed by atoms with E-state index in [9.17, 15) is 0 Å². The number of rotatable bonds is 5. The highest BCUT2D eigenvalue weighted by molar-refractivity contribution is 7.72. The molecule has 0 aliphatic heterocycles. The van der Waals surface area contributed by atoms with Gasteiger partial charge in [-0.3, -0.25) is 0 Å². The highest BCUT2D eigenvalue weighted by Crippen LogP contribution is 2.27. The first-order valence-electron chi connectivity index (χ1n) is 11.8. The van der Waals surface area contributed by atoms with E-state index in [1.54, 1.807) is 0 Å². The molecule has 0 fully saturated rings. The summed E-state index contributed by atoms with van der Waals surface area (Å²) in [5.74, 6) is 0. The SMILES string of the molecule is Cc1cc(C)c(B(c2ccc(P(C)c3ccccc3)cc2)c2c(C)cc(C)cc2C)c(C)c1. The molecule has 166 valence electrons. The van der Waals surface area contributed by atoms with Gasteiger partial charge >= 0.3 is 0 Å². The number of hydrogen-bond donors (Lipinski definition) is 0. The summed E-state index contributed by atoms with van der Waals surface area (Å²) in [5, 5.41) is 2.85. The van der Waals surface area contributed by atoms with Crippen molar-refractivity contribution < 1.29 is 0 Å². The Kier molecular flexibility index (Phi) is 6.92. The first-order chi connectivity index (χ1) is 15.8. The van der Waals surface area contributed by atoms with Crippen molar-refractivity contribution in [1.29, 1.82) is 0 Å². The third kappa shape index (κ3) is 4.85. The van der Waals surface area contributed by atoms with Crippen molar-refractivity contribution in [3.05, 3.63) is 112 Å². The lowest BCUT2D eigenvalue weighted by molar-refractivity contribution is 1.34. The highest BCUT2D eigenvalue weighted by Gasteiger charge is 2.28. The molecule has 33 heavy (non-hydrogen) atoms. The van der Waals surface area contributed by atoms with E-state index in [1.807, 2.05) is 0 Å². The van der Waals surface area contributed by atoms with Crippen molar-refractivity contribution in [1.82, 2.24) is 0 Å². The third-order valence-electron chi connectivity index (χ3n) is 6.81. The molecule has 4 aromatic carbocycles. The van der Waals surface area contributed by atoms with Gasteiger partial charge in [0.1, 0.15) is 0 Å². The van der Waals surface area contributed by atoms with E-state index in [-0.39, 0.29) is 14.6 Å². The molecule has 0 bridgehead atoms. The van der Waals surface area contributed by atoms with Crippen LogP contribution in [0.3, 0.4) is 0 Å². The average Bonchev–Trinajstić information content (AvgIpc) is 2.77. The van der Waals surface area contributed by atoms with Gasteiger partial charge in [0, 0.05) is 0 Å². The Labute approximate surface area is 201 Å². The molecule has 0 aliphatic carbocycles. The van der Waals surface area contributed by atoms with E-state index < -0.39 is 0 Å². The minimum absolute atomic E-state index is 0.236. The van der Waals surface area contributed by atoms with Crippen LogP contribution in [0, 0.1) is 41.5 Å². The first-order valence-corrected chi connectivity index (χ1v) is 13.6. The lowest BCUT2D eigenvalue weighted by atomic mass is 9.34. The van der Waals surface area contributed by atoms with Crippen LogP contribution in [0.4, 0.5) is 0 Å². The highest BCUT2D eigenvalue weighted by atomic mass is 31.1. The van der Waals surface area contributed by atoms with Gasteiger partial charge in [-0.05, 0) is 66.7 Å². The zero-order valence-corrected chi connectivity index (χ0v) is 21.9. The van der Waals surface area contributed by atoms with Crippen LogP contribution in [0.15, 0.2) is 78.9 Å². The zero-order chi connectivity index (χ0) is 23.7. The van der Waals surface area contributed by atoms with Gasteiger partial charge in [0.25, 0.3) is 0 Å². The Bertz CT molecular complexity index is 1170. The summed E-state index contributed by atoms with van der Waals surface area (Å²) in [5.41, 5.74) is 12.5. The van der Waals surface area contributed by atoms with Gasteiger partial charge in [-0.25, -0.2) is 0 Å². The van der Waals surface area contributed by atoms with Crippen molar-refractivity contribution >= 4 is 41.6 Å². The van der Waals surface area contributed by atoms with Gasteiger partial charge in [-0.1, -0.05) is 129 Å². The minimum Gasteiger partial charge on any atom is -0.0686 e. The van der Waals surface area contributed by atoms with Crippen molar-refractivity contribution in [3.8, 4) is 0 Å². The fraction of sp³-hybridized carbons (Fsp3) is 0.226. The van der Waals surface area contributed by atoms with E-state index in [4.69, 9.17) is 0 Å². The molecule has 0 heterocycles. The topological polar surface area (TPSA) is 0 Å². The van der Waals surface area contributed by atoms with Crippen LogP contribution in [-0.2, 0) is 0 Å². The lowest BCUT2D eigenvalue weighted by Crippen LogP contribution is -2.56. The van der Waals surface area contributed by atoms with E-state index in [2.05, 4.69) is 127 Å². The smallest absolute Gasteiger partial charge is 0.0686 e. The Morgan fingerprint density at radius 3 is 1.33 bits per heavy atom. The van der Waals surface area contributed by atoms with Crippen molar-refractivity contribution in [2.45, 2.75) is 41.5 Å². The molecule has 0 saturated heterocycles. The Morgan fingerprint density at radius 1 is 0.515 bits per heavy atom. The molecule has 0 aliphatic rings. The maximum atomic E-state index is 2.37. The Morgan fingerprint density at radius 2 is 0.909 bits per heavy atom. The summed E-state index contributed by atoms with van der Waals surface area (Å²) < 4.78 is 0. The zero-order valence-electron chi connectivity index (χ0n) is 21.0. The summed E-state index contributed by atoms with van der Waals surface area (Å²) in [6.07, 6.45) is 0. The van der Waals surface area contributed by atoms with E-state index in [1.165, 1.54) is 60.4 Å². The predicted octanol–water partition coefficient (Wildman–Crippen LogP) is 5.12. The standard InChI is InChI=1S/C31H34BP/c1-21-17-23(3)30(24(4)18-21)32(31-25(5)19-22(2)20-26(31)6)27-13-15-29(16-14-27)33(7)28-11-9-8-10-12-28/h8-20H,1-7H3. The quantitative estimate of drug-likeness (QED) is 0.294. The van der Waals surface area contributed by atoms with Gasteiger partial charge < -0.3 is 0 Å². The van der Waals surface area contributed by atoms with Crippen LogP contribution in [0.1, 0.15) is 33.4 Å². The summed E-state index contributed by atoms with van der Waals surface area (Å²) >= 11 is 0. The summed E-state index contributed by atoms with van der Waals surface area (Å²) in [7, 11) is -0.344. The molecule has 1 unspecified atom stereocenters.